The molecule has 0 amide bonds. The lowest BCUT2D eigenvalue weighted by Gasteiger charge is -2.03. The van der Waals surface area contributed by atoms with Gasteiger partial charge in [-0.25, -0.2) is 9.48 Å². The molecule has 1 aromatic heterocycles. The van der Waals surface area contributed by atoms with Crippen molar-refractivity contribution in [3.8, 4) is 5.69 Å². The third-order valence-electron chi connectivity index (χ3n) is 2.90. The smallest absolute Gasteiger partial charge is 0.337 e. The van der Waals surface area contributed by atoms with Crippen molar-refractivity contribution in [1.82, 2.24) is 15.1 Å². The van der Waals surface area contributed by atoms with Gasteiger partial charge in [-0.3, -0.25) is 0 Å². The Bertz CT molecular complexity index is 590. The fraction of sp³-hybridized carbons (Fsp3) is 0.286. The van der Waals surface area contributed by atoms with Crippen LogP contribution >= 0.6 is 0 Å². The molecule has 0 aliphatic rings. The summed E-state index contributed by atoms with van der Waals surface area (Å²) in [6.07, 6.45) is 1.96. The monoisotopic (exact) mass is 259 g/mol. The molecule has 0 aliphatic carbocycles. The molecule has 1 heterocycles. The van der Waals surface area contributed by atoms with Gasteiger partial charge in [0.1, 0.15) is 0 Å². The Morgan fingerprint density at radius 3 is 2.95 bits per heavy atom. The summed E-state index contributed by atoms with van der Waals surface area (Å²) in [5, 5.41) is 7.55. The molecule has 0 spiro atoms. The van der Waals surface area contributed by atoms with Gasteiger partial charge in [0.15, 0.2) is 0 Å². The predicted molar refractivity (Wildman–Crippen MR) is 72.4 cm³/mol. The van der Waals surface area contributed by atoms with Crippen molar-refractivity contribution in [2.24, 2.45) is 0 Å². The van der Waals surface area contributed by atoms with E-state index in [0.717, 1.165) is 23.5 Å². The van der Waals surface area contributed by atoms with E-state index in [4.69, 9.17) is 4.74 Å². The first kappa shape index (κ1) is 13.3. The van der Waals surface area contributed by atoms with E-state index in [0.29, 0.717) is 5.56 Å². The molecule has 5 heteroatoms. The average Bonchev–Trinajstić information content (AvgIpc) is 2.80. The second kappa shape index (κ2) is 5.67. The molecule has 2 aromatic rings. The Balaban J connectivity index is 2.36. The molecule has 0 bridgehead atoms. The number of aryl methyl sites for hydroxylation is 1. The Morgan fingerprint density at radius 1 is 1.47 bits per heavy atom. The molecule has 2 rings (SSSR count). The van der Waals surface area contributed by atoms with E-state index < -0.39 is 0 Å². The Morgan fingerprint density at radius 2 is 2.26 bits per heavy atom. The molecular weight excluding hydrogens is 242 g/mol. The van der Waals surface area contributed by atoms with E-state index in [1.807, 2.05) is 32.3 Å². The standard InChI is InChI=1S/C14H17N3O2/c1-10-12(8-15-2)9-17(16-10)13-6-4-5-11(7-13)14(18)19-3/h4-7,9,15H,8H2,1-3H3. The fourth-order valence-electron chi connectivity index (χ4n) is 1.89. The van der Waals surface area contributed by atoms with Crippen LogP contribution in [0.2, 0.25) is 0 Å². The number of rotatable bonds is 4. The quantitative estimate of drug-likeness (QED) is 0.849. The molecule has 19 heavy (non-hydrogen) atoms. The van der Waals surface area contributed by atoms with Gasteiger partial charge in [-0.2, -0.15) is 5.10 Å². The molecule has 0 unspecified atom stereocenters. The highest BCUT2D eigenvalue weighted by Gasteiger charge is 2.09. The van der Waals surface area contributed by atoms with E-state index in [-0.39, 0.29) is 5.97 Å². The van der Waals surface area contributed by atoms with Gasteiger partial charge in [0.05, 0.1) is 24.1 Å². The van der Waals surface area contributed by atoms with Crippen LogP contribution in [0.4, 0.5) is 0 Å². The van der Waals surface area contributed by atoms with Crippen molar-refractivity contribution < 1.29 is 9.53 Å². The van der Waals surface area contributed by atoms with E-state index in [9.17, 15) is 4.79 Å². The summed E-state index contributed by atoms with van der Waals surface area (Å²) in [6.45, 7) is 2.73. The zero-order valence-corrected chi connectivity index (χ0v) is 11.3. The van der Waals surface area contributed by atoms with Gasteiger partial charge in [-0.15, -0.1) is 0 Å². The highest BCUT2D eigenvalue weighted by molar-refractivity contribution is 5.89. The normalized spacial score (nSPS) is 10.5. The molecular formula is C14H17N3O2. The molecule has 1 aromatic carbocycles. The second-order valence-corrected chi connectivity index (χ2v) is 4.26. The van der Waals surface area contributed by atoms with Crippen LogP contribution in [0.3, 0.4) is 0 Å². The topological polar surface area (TPSA) is 56.2 Å². The number of carbonyl (C=O) groups is 1. The molecule has 0 saturated carbocycles. The van der Waals surface area contributed by atoms with Crippen molar-refractivity contribution in [3.63, 3.8) is 0 Å². The van der Waals surface area contributed by atoms with Crippen LogP contribution in [0.25, 0.3) is 5.69 Å². The third kappa shape index (κ3) is 2.82. The highest BCUT2D eigenvalue weighted by atomic mass is 16.5. The first-order valence-electron chi connectivity index (χ1n) is 6.04. The molecule has 0 atom stereocenters. The van der Waals surface area contributed by atoms with Gasteiger partial charge in [-0.05, 0) is 32.2 Å². The van der Waals surface area contributed by atoms with Crippen LogP contribution in [0.5, 0.6) is 0 Å². The molecule has 0 fully saturated rings. The van der Waals surface area contributed by atoms with Crippen molar-refractivity contribution >= 4 is 5.97 Å². The zero-order valence-electron chi connectivity index (χ0n) is 11.3. The Hall–Kier alpha value is -2.14. The maximum atomic E-state index is 11.5. The minimum Gasteiger partial charge on any atom is -0.465 e. The van der Waals surface area contributed by atoms with E-state index in [1.165, 1.54) is 7.11 Å². The molecule has 5 nitrogen and oxygen atoms in total. The maximum Gasteiger partial charge on any atom is 0.337 e. The number of aromatic nitrogens is 2. The number of hydrogen-bond acceptors (Lipinski definition) is 4. The van der Waals surface area contributed by atoms with E-state index in [1.54, 1.807) is 16.8 Å². The summed E-state index contributed by atoms with van der Waals surface area (Å²) in [5.41, 5.74) is 3.46. The number of carbonyl (C=O) groups excluding carboxylic acids is 1. The summed E-state index contributed by atoms with van der Waals surface area (Å²) in [6, 6.07) is 7.21. The van der Waals surface area contributed by atoms with Gasteiger partial charge in [0.2, 0.25) is 0 Å². The first-order chi connectivity index (χ1) is 9.15. The maximum absolute atomic E-state index is 11.5. The van der Waals surface area contributed by atoms with Gasteiger partial charge in [0, 0.05) is 18.3 Å². The average molecular weight is 259 g/mol. The lowest BCUT2D eigenvalue weighted by molar-refractivity contribution is 0.0600. The van der Waals surface area contributed by atoms with Crippen LogP contribution in [-0.2, 0) is 11.3 Å². The number of hydrogen-bond donors (Lipinski definition) is 1. The summed E-state index contributed by atoms with van der Waals surface area (Å²) in [5.74, 6) is -0.346. The van der Waals surface area contributed by atoms with Gasteiger partial charge >= 0.3 is 5.97 Å². The Labute approximate surface area is 112 Å². The minimum absolute atomic E-state index is 0.346. The molecule has 1 N–H and O–H groups in total. The van der Waals surface area contributed by atoms with Gasteiger partial charge < -0.3 is 10.1 Å². The fourth-order valence-corrected chi connectivity index (χ4v) is 1.89. The Kier molecular flexibility index (Phi) is 3.97. The number of methoxy groups -OCH3 is 1. The third-order valence-corrected chi connectivity index (χ3v) is 2.90. The molecule has 0 radical (unpaired) electrons. The summed E-state index contributed by atoms with van der Waals surface area (Å²) in [7, 11) is 3.27. The van der Waals surface area contributed by atoms with Crippen LogP contribution in [0.1, 0.15) is 21.6 Å². The van der Waals surface area contributed by atoms with E-state index >= 15 is 0 Å². The highest BCUT2D eigenvalue weighted by Crippen LogP contribution is 2.14. The molecule has 100 valence electrons. The summed E-state index contributed by atoms with van der Waals surface area (Å²) in [4.78, 5) is 11.5. The van der Waals surface area contributed by atoms with Crippen LogP contribution in [-0.4, -0.2) is 29.9 Å². The van der Waals surface area contributed by atoms with Crippen molar-refractivity contribution in [2.45, 2.75) is 13.5 Å². The number of benzene rings is 1. The van der Waals surface area contributed by atoms with Crippen molar-refractivity contribution in [3.05, 3.63) is 47.3 Å². The minimum atomic E-state index is -0.346. The predicted octanol–water partition coefficient (Wildman–Crippen LogP) is 1.69. The molecule has 0 saturated heterocycles. The van der Waals surface area contributed by atoms with Crippen LogP contribution < -0.4 is 5.32 Å². The van der Waals surface area contributed by atoms with Crippen LogP contribution in [0.15, 0.2) is 30.5 Å². The number of nitrogens with zero attached hydrogens (tertiary/aromatic N) is 2. The van der Waals surface area contributed by atoms with Crippen molar-refractivity contribution in [1.29, 1.82) is 0 Å². The van der Waals surface area contributed by atoms with Gasteiger partial charge in [-0.1, -0.05) is 6.07 Å². The second-order valence-electron chi connectivity index (χ2n) is 4.26. The lowest BCUT2D eigenvalue weighted by Crippen LogP contribution is -2.05. The first-order valence-corrected chi connectivity index (χ1v) is 6.04. The summed E-state index contributed by atoms with van der Waals surface area (Å²) >= 11 is 0. The van der Waals surface area contributed by atoms with E-state index in [2.05, 4.69) is 10.4 Å². The summed E-state index contributed by atoms with van der Waals surface area (Å²) < 4.78 is 6.49. The van der Waals surface area contributed by atoms with Crippen LogP contribution in [0, 0.1) is 6.92 Å². The number of nitrogens with one attached hydrogen (secondary N) is 1. The number of esters is 1. The van der Waals surface area contributed by atoms with Crippen molar-refractivity contribution in [2.75, 3.05) is 14.2 Å². The molecule has 0 aliphatic heterocycles. The number of ether oxygens (including phenoxy) is 1. The largest absolute Gasteiger partial charge is 0.465 e. The zero-order chi connectivity index (χ0) is 13.8. The van der Waals surface area contributed by atoms with Gasteiger partial charge in [0.25, 0.3) is 0 Å². The SMILES string of the molecule is CNCc1cn(-c2cccc(C(=O)OC)c2)nc1C. The lowest BCUT2D eigenvalue weighted by atomic mass is 10.2.